The summed E-state index contributed by atoms with van der Waals surface area (Å²) in [6.07, 6.45) is -1.65. The van der Waals surface area contributed by atoms with Crippen molar-refractivity contribution in [3.8, 4) is 22.9 Å². The number of pyridine rings is 1. The summed E-state index contributed by atoms with van der Waals surface area (Å²) in [6.45, 7) is 2.52. The number of rotatable bonds is 6. The quantitative estimate of drug-likeness (QED) is 0.462. The number of aromatic nitrogens is 3. The first-order valence-electron chi connectivity index (χ1n) is 11.1. The molecule has 2 aromatic heterocycles. The van der Waals surface area contributed by atoms with Gasteiger partial charge in [-0.05, 0) is 50.1 Å². The van der Waals surface area contributed by atoms with Crippen LogP contribution in [0.25, 0.3) is 11.3 Å². The van der Waals surface area contributed by atoms with E-state index in [1.807, 2.05) is 4.90 Å². The Balaban J connectivity index is 1.60. The van der Waals surface area contributed by atoms with Crippen molar-refractivity contribution < 1.29 is 27.1 Å². The summed E-state index contributed by atoms with van der Waals surface area (Å²) in [5.74, 6) is -0.948. The third-order valence-electron chi connectivity index (χ3n) is 5.69. The van der Waals surface area contributed by atoms with E-state index in [1.54, 1.807) is 16.8 Å². The molecule has 1 saturated heterocycles. The van der Waals surface area contributed by atoms with Crippen LogP contribution in [0.1, 0.15) is 41.9 Å². The number of alkyl halides is 3. The summed E-state index contributed by atoms with van der Waals surface area (Å²) in [5, 5.41) is 4.56. The lowest BCUT2D eigenvalue weighted by atomic mass is 10.1. The number of allylic oxidation sites excluding steroid dienone is 1. The lowest BCUT2D eigenvalue weighted by molar-refractivity contribution is -0.141. The first-order valence-corrected chi connectivity index (χ1v) is 11.1. The molecule has 8 nitrogen and oxygen atoms in total. The van der Waals surface area contributed by atoms with E-state index in [1.165, 1.54) is 37.4 Å². The number of carbonyl (C=O) groups excluding carboxylic acids is 1. The second-order valence-electron chi connectivity index (χ2n) is 8.41. The van der Waals surface area contributed by atoms with Gasteiger partial charge in [-0.15, -0.1) is 0 Å². The topological polar surface area (TPSA) is 112 Å². The SMILES string of the molecule is CC(F)=CN1CCC[C@@H](n2nc(-c3ccc(Oc4cccc(C(F)(F)F)n4)cc3)c(C(N)=O)c2N)C1. The molecule has 0 radical (unpaired) electrons. The zero-order valence-corrected chi connectivity index (χ0v) is 19.3. The summed E-state index contributed by atoms with van der Waals surface area (Å²) in [7, 11) is 0. The van der Waals surface area contributed by atoms with Gasteiger partial charge in [0.2, 0.25) is 5.88 Å². The smallest absolute Gasteiger partial charge is 0.433 e. The van der Waals surface area contributed by atoms with Gasteiger partial charge in [0.05, 0.1) is 6.04 Å². The normalized spacial score (nSPS) is 16.8. The molecule has 36 heavy (non-hydrogen) atoms. The van der Waals surface area contributed by atoms with Crippen LogP contribution in [0.4, 0.5) is 23.4 Å². The highest BCUT2D eigenvalue weighted by molar-refractivity contribution is 6.03. The van der Waals surface area contributed by atoms with Gasteiger partial charge in [-0.1, -0.05) is 6.07 Å². The van der Waals surface area contributed by atoms with Crippen LogP contribution in [0.2, 0.25) is 0 Å². The fourth-order valence-corrected chi connectivity index (χ4v) is 4.15. The minimum Gasteiger partial charge on any atom is -0.439 e. The van der Waals surface area contributed by atoms with Gasteiger partial charge in [-0.2, -0.15) is 18.3 Å². The number of primary amides is 1. The number of hydrogen-bond acceptors (Lipinski definition) is 6. The van der Waals surface area contributed by atoms with Crippen molar-refractivity contribution in [1.82, 2.24) is 19.7 Å². The van der Waals surface area contributed by atoms with Crippen molar-refractivity contribution in [2.75, 3.05) is 18.8 Å². The predicted octanol–water partition coefficient (Wildman–Crippen LogP) is 4.91. The van der Waals surface area contributed by atoms with E-state index in [-0.39, 0.29) is 40.6 Å². The molecule has 3 heterocycles. The van der Waals surface area contributed by atoms with Gasteiger partial charge in [0.25, 0.3) is 5.91 Å². The molecule has 4 N–H and O–H groups in total. The maximum absolute atomic E-state index is 13.4. The van der Waals surface area contributed by atoms with Crippen LogP contribution in [0.3, 0.4) is 0 Å². The third kappa shape index (κ3) is 5.42. The molecular weight excluding hydrogens is 480 g/mol. The number of benzene rings is 1. The van der Waals surface area contributed by atoms with Gasteiger partial charge in [0.1, 0.15) is 34.3 Å². The predicted molar refractivity (Wildman–Crippen MR) is 125 cm³/mol. The number of halogens is 4. The number of nitrogens with zero attached hydrogens (tertiary/aromatic N) is 4. The first kappa shape index (κ1) is 25.0. The molecule has 3 aromatic rings. The number of hydrogen-bond donors (Lipinski definition) is 2. The fourth-order valence-electron chi connectivity index (χ4n) is 4.15. The van der Waals surface area contributed by atoms with Crippen LogP contribution in [-0.4, -0.2) is 38.7 Å². The number of anilines is 1. The van der Waals surface area contributed by atoms with Gasteiger partial charge < -0.3 is 21.1 Å². The zero-order chi connectivity index (χ0) is 26.0. The van der Waals surface area contributed by atoms with Crippen LogP contribution in [0.15, 0.2) is 54.5 Å². The van der Waals surface area contributed by atoms with Crippen molar-refractivity contribution in [2.45, 2.75) is 32.0 Å². The monoisotopic (exact) mass is 504 g/mol. The highest BCUT2D eigenvalue weighted by Gasteiger charge is 2.33. The fraction of sp³-hybridized carbons (Fsp3) is 0.292. The van der Waals surface area contributed by atoms with E-state index in [9.17, 15) is 22.4 Å². The molecular formula is C24H24F4N6O2. The highest BCUT2D eigenvalue weighted by atomic mass is 19.4. The minimum absolute atomic E-state index is 0.0533. The molecule has 0 bridgehead atoms. The van der Waals surface area contributed by atoms with Crippen molar-refractivity contribution in [3.05, 3.63) is 65.7 Å². The Morgan fingerprint density at radius 3 is 2.56 bits per heavy atom. The largest absolute Gasteiger partial charge is 0.439 e. The van der Waals surface area contributed by atoms with Gasteiger partial charge >= 0.3 is 6.18 Å². The number of nitrogens with two attached hydrogens (primary N) is 2. The van der Waals surface area contributed by atoms with Crippen molar-refractivity contribution in [3.63, 3.8) is 0 Å². The Morgan fingerprint density at radius 1 is 1.19 bits per heavy atom. The number of ether oxygens (including phenoxy) is 1. The van der Waals surface area contributed by atoms with Crippen LogP contribution in [-0.2, 0) is 6.18 Å². The Bertz CT molecular complexity index is 1280. The summed E-state index contributed by atoms with van der Waals surface area (Å²) < 4.78 is 59.1. The van der Waals surface area contributed by atoms with Crippen molar-refractivity contribution in [2.24, 2.45) is 5.73 Å². The second-order valence-corrected chi connectivity index (χ2v) is 8.41. The average molecular weight is 504 g/mol. The summed E-state index contributed by atoms with van der Waals surface area (Å²) in [5.41, 5.74) is 11.6. The van der Waals surface area contributed by atoms with Crippen LogP contribution in [0.5, 0.6) is 11.6 Å². The van der Waals surface area contributed by atoms with Crippen LogP contribution >= 0.6 is 0 Å². The van der Waals surface area contributed by atoms with E-state index < -0.39 is 17.8 Å². The Labute approximate surface area is 204 Å². The van der Waals surface area contributed by atoms with E-state index in [0.29, 0.717) is 18.7 Å². The summed E-state index contributed by atoms with van der Waals surface area (Å²) in [4.78, 5) is 17.5. The number of carbonyl (C=O) groups is 1. The lowest BCUT2D eigenvalue weighted by Crippen LogP contribution is -2.34. The molecule has 4 rings (SSSR count). The highest BCUT2D eigenvalue weighted by Crippen LogP contribution is 2.34. The number of nitrogen functional groups attached to an aromatic ring is 1. The molecule has 0 aliphatic carbocycles. The third-order valence-corrected chi connectivity index (χ3v) is 5.69. The summed E-state index contributed by atoms with van der Waals surface area (Å²) in [6, 6.07) is 9.35. The Morgan fingerprint density at radius 2 is 1.92 bits per heavy atom. The van der Waals surface area contributed by atoms with Crippen LogP contribution < -0.4 is 16.2 Å². The lowest BCUT2D eigenvalue weighted by Gasteiger charge is -2.32. The summed E-state index contributed by atoms with van der Waals surface area (Å²) >= 11 is 0. The van der Waals surface area contributed by atoms with E-state index in [2.05, 4.69) is 10.1 Å². The molecule has 1 fully saturated rings. The zero-order valence-electron chi connectivity index (χ0n) is 19.3. The van der Waals surface area contributed by atoms with Gasteiger partial charge in [-0.3, -0.25) is 4.79 Å². The minimum atomic E-state index is -4.59. The van der Waals surface area contributed by atoms with E-state index in [4.69, 9.17) is 16.2 Å². The maximum atomic E-state index is 13.4. The van der Waals surface area contributed by atoms with Crippen LogP contribution in [0, 0.1) is 0 Å². The molecule has 1 amide bonds. The average Bonchev–Trinajstić information content (AvgIpc) is 3.16. The molecule has 190 valence electrons. The number of likely N-dealkylation sites (tertiary alicyclic amines) is 1. The molecule has 0 saturated carbocycles. The molecule has 1 aliphatic rings. The second kappa shape index (κ2) is 9.88. The molecule has 1 aromatic carbocycles. The molecule has 0 unspecified atom stereocenters. The van der Waals surface area contributed by atoms with Crippen molar-refractivity contribution >= 4 is 11.7 Å². The Kier molecular flexibility index (Phi) is 6.86. The number of amides is 1. The van der Waals surface area contributed by atoms with Gasteiger partial charge in [0, 0.05) is 30.9 Å². The van der Waals surface area contributed by atoms with Crippen molar-refractivity contribution in [1.29, 1.82) is 0 Å². The molecule has 0 spiro atoms. The van der Waals surface area contributed by atoms with Gasteiger partial charge in [-0.25, -0.2) is 14.1 Å². The number of piperidine rings is 1. The standard InChI is InChI=1S/C24H24F4N6O2/c1-14(25)12-33-11-3-4-16(13-33)34-22(29)20(23(30)35)21(32-34)15-7-9-17(10-8-15)36-19-6-2-5-18(31-19)24(26,27)28/h2,5-10,12,16H,3-4,11,13,29H2,1H3,(H2,30,35)/t16-/m1/s1. The Hall–Kier alpha value is -4.09. The molecule has 12 heteroatoms. The molecule has 1 atom stereocenters. The molecule has 1 aliphatic heterocycles. The van der Waals surface area contributed by atoms with E-state index in [0.717, 1.165) is 18.9 Å². The first-order chi connectivity index (χ1) is 17.0. The van der Waals surface area contributed by atoms with Gasteiger partial charge in [0.15, 0.2) is 0 Å². The van der Waals surface area contributed by atoms with E-state index >= 15 is 0 Å². The maximum Gasteiger partial charge on any atom is 0.433 e.